The Morgan fingerprint density at radius 3 is 2.50 bits per heavy atom. The van der Waals surface area contributed by atoms with Crippen molar-refractivity contribution in [1.29, 1.82) is 0 Å². The van der Waals surface area contributed by atoms with Gasteiger partial charge in [-0.1, -0.05) is 36.4 Å². The molecule has 4 nitrogen and oxygen atoms in total. The molecule has 0 aliphatic rings. The van der Waals surface area contributed by atoms with E-state index in [0.717, 1.165) is 50.5 Å². The van der Waals surface area contributed by atoms with Crippen molar-refractivity contribution < 1.29 is 22.7 Å². The predicted molar refractivity (Wildman–Crippen MR) is 139 cm³/mol. The van der Waals surface area contributed by atoms with E-state index in [4.69, 9.17) is 9.15 Å². The minimum atomic E-state index is -1.03. The quantitative estimate of drug-likeness (QED) is 0.259. The monoisotopic (exact) mass is 483 g/mol. The lowest BCUT2D eigenvalue weighted by molar-refractivity contribution is -0.111. The number of carbonyl (C=O) groups is 1. The third kappa shape index (κ3) is 4.22. The molecule has 0 saturated heterocycles. The maximum atomic E-state index is 13.5. The number of hydrogen-bond acceptors (Lipinski definition) is 3. The summed E-state index contributed by atoms with van der Waals surface area (Å²) in [5.74, 6) is -1.88. The van der Waals surface area contributed by atoms with Crippen LogP contribution >= 0.6 is 0 Å². The minimum Gasteiger partial charge on any atom is -0.496 e. The van der Waals surface area contributed by atoms with E-state index in [9.17, 15) is 13.6 Å². The van der Waals surface area contributed by atoms with Gasteiger partial charge in [-0.2, -0.15) is 0 Å². The first kappa shape index (κ1) is 23.3. The summed E-state index contributed by atoms with van der Waals surface area (Å²) < 4.78 is 38.4. The van der Waals surface area contributed by atoms with Crippen molar-refractivity contribution in [1.82, 2.24) is 0 Å². The first-order valence-corrected chi connectivity index (χ1v) is 11.4. The van der Waals surface area contributed by atoms with Crippen LogP contribution in [-0.2, 0) is 4.79 Å². The highest BCUT2D eigenvalue weighted by Gasteiger charge is 2.19. The molecule has 5 rings (SSSR count). The van der Waals surface area contributed by atoms with Gasteiger partial charge in [0.05, 0.1) is 13.4 Å². The van der Waals surface area contributed by atoms with Gasteiger partial charge in [-0.25, -0.2) is 8.78 Å². The van der Waals surface area contributed by atoms with Gasteiger partial charge < -0.3 is 14.5 Å². The number of hydrogen-bond donors (Lipinski definition) is 1. The third-order valence-corrected chi connectivity index (χ3v) is 6.27. The fourth-order valence-corrected chi connectivity index (χ4v) is 4.48. The summed E-state index contributed by atoms with van der Waals surface area (Å²) in [6, 6.07) is 19.6. The Morgan fingerprint density at radius 2 is 1.75 bits per heavy atom. The molecule has 1 amide bonds. The molecule has 0 spiro atoms. The van der Waals surface area contributed by atoms with E-state index in [1.165, 1.54) is 12.1 Å². The van der Waals surface area contributed by atoms with Crippen LogP contribution in [0.3, 0.4) is 0 Å². The molecule has 180 valence electrons. The molecule has 1 N–H and O–H groups in total. The summed E-state index contributed by atoms with van der Waals surface area (Å²) in [6.45, 7) is 3.71. The topological polar surface area (TPSA) is 51.5 Å². The summed E-state index contributed by atoms with van der Waals surface area (Å²) >= 11 is 0. The van der Waals surface area contributed by atoms with E-state index >= 15 is 0 Å². The summed E-state index contributed by atoms with van der Waals surface area (Å²) in [6.07, 6.45) is 3.14. The Hall–Kier alpha value is -4.45. The van der Waals surface area contributed by atoms with Gasteiger partial charge in [-0.15, -0.1) is 0 Å². The molecule has 36 heavy (non-hydrogen) atoms. The smallest absolute Gasteiger partial charge is 0.248 e. The number of carbonyl (C=O) groups excluding carboxylic acids is 1. The molecule has 4 aromatic carbocycles. The molecule has 0 aliphatic carbocycles. The number of ether oxygens (including phenoxy) is 1. The number of allylic oxidation sites excluding steroid dienone is 1. The highest BCUT2D eigenvalue weighted by molar-refractivity contribution is 6.06. The predicted octanol–water partition coefficient (Wildman–Crippen LogP) is 7.89. The SMILES string of the molecule is COc1c(/C(C)=C/C(=O)Nc2ccc(F)c(F)c2)cc2c(-c3ccc4ccccc4c3)coc2c1C. The van der Waals surface area contributed by atoms with E-state index in [-0.39, 0.29) is 5.69 Å². The van der Waals surface area contributed by atoms with Crippen LogP contribution in [0.15, 0.2) is 83.5 Å². The number of aryl methyl sites for hydroxylation is 1. The van der Waals surface area contributed by atoms with Crippen molar-refractivity contribution >= 4 is 38.9 Å². The second-order valence-electron chi connectivity index (χ2n) is 8.62. The highest BCUT2D eigenvalue weighted by atomic mass is 19.2. The number of amides is 1. The molecule has 0 unspecified atom stereocenters. The van der Waals surface area contributed by atoms with Gasteiger partial charge in [-0.05, 0) is 60.0 Å². The molecule has 5 aromatic rings. The second kappa shape index (κ2) is 9.30. The molecular weight excluding hydrogens is 460 g/mol. The van der Waals surface area contributed by atoms with Crippen molar-refractivity contribution in [3.05, 3.63) is 102 Å². The van der Waals surface area contributed by atoms with Crippen molar-refractivity contribution in [3.63, 3.8) is 0 Å². The normalized spacial score (nSPS) is 11.8. The van der Waals surface area contributed by atoms with Crippen LogP contribution < -0.4 is 10.1 Å². The van der Waals surface area contributed by atoms with Crippen LogP contribution in [0.2, 0.25) is 0 Å². The molecular formula is C30H23F2NO3. The van der Waals surface area contributed by atoms with Gasteiger partial charge in [0.25, 0.3) is 0 Å². The lowest BCUT2D eigenvalue weighted by Gasteiger charge is -2.13. The molecule has 0 saturated carbocycles. The molecule has 6 heteroatoms. The number of benzene rings is 4. The fourth-order valence-electron chi connectivity index (χ4n) is 4.48. The Bertz CT molecular complexity index is 1670. The molecule has 0 fully saturated rings. The number of halogens is 2. The van der Waals surface area contributed by atoms with Crippen molar-refractivity contribution in [3.8, 4) is 16.9 Å². The lowest BCUT2D eigenvalue weighted by Crippen LogP contribution is -2.09. The molecule has 1 heterocycles. The van der Waals surface area contributed by atoms with E-state index < -0.39 is 17.5 Å². The summed E-state index contributed by atoms with van der Waals surface area (Å²) in [7, 11) is 1.57. The first-order chi connectivity index (χ1) is 17.4. The lowest BCUT2D eigenvalue weighted by atomic mass is 9.95. The standard InChI is InChI=1S/C30H23F2NO3/c1-17(12-28(34)33-22-10-11-26(31)27(32)14-22)23-15-24-25(16-36-30(24)18(2)29(23)35-3)21-9-8-19-6-4-5-7-20(19)13-21/h4-16H,1-3H3,(H,33,34)/b17-12+. The third-order valence-electron chi connectivity index (χ3n) is 6.27. The molecule has 0 atom stereocenters. The van der Waals surface area contributed by atoms with E-state index in [1.807, 2.05) is 25.1 Å². The minimum absolute atomic E-state index is 0.162. The Morgan fingerprint density at radius 1 is 0.972 bits per heavy atom. The maximum Gasteiger partial charge on any atom is 0.248 e. The zero-order valence-corrected chi connectivity index (χ0v) is 20.0. The largest absolute Gasteiger partial charge is 0.496 e. The average molecular weight is 484 g/mol. The average Bonchev–Trinajstić information content (AvgIpc) is 3.30. The number of nitrogens with one attached hydrogen (secondary N) is 1. The summed E-state index contributed by atoms with van der Waals surface area (Å²) in [5.41, 5.74) is 5.00. The van der Waals surface area contributed by atoms with Crippen LogP contribution in [0.5, 0.6) is 5.75 Å². The van der Waals surface area contributed by atoms with Crippen LogP contribution in [0.25, 0.3) is 38.4 Å². The molecule has 0 bridgehead atoms. The van der Waals surface area contributed by atoms with Crippen molar-refractivity contribution in [2.24, 2.45) is 0 Å². The van der Waals surface area contributed by atoms with Gasteiger partial charge in [0.15, 0.2) is 11.6 Å². The number of furan rings is 1. The fraction of sp³-hybridized carbons (Fsp3) is 0.100. The van der Waals surface area contributed by atoms with Gasteiger partial charge in [0.2, 0.25) is 5.91 Å². The second-order valence-corrected chi connectivity index (χ2v) is 8.62. The van der Waals surface area contributed by atoms with Crippen LogP contribution in [-0.4, -0.2) is 13.0 Å². The number of methoxy groups -OCH3 is 1. The van der Waals surface area contributed by atoms with Gasteiger partial charge in [-0.3, -0.25) is 4.79 Å². The number of rotatable bonds is 5. The Labute approximate surface area is 206 Å². The van der Waals surface area contributed by atoms with Crippen molar-refractivity contribution in [2.45, 2.75) is 13.8 Å². The van der Waals surface area contributed by atoms with Crippen LogP contribution in [0.4, 0.5) is 14.5 Å². The molecule has 1 aromatic heterocycles. The summed E-state index contributed by atoms with van der Waals surface area (Å²) in [5, 5.41) is 5.74. The number of fused-ring (bicyclic) bond motifs is 2. The zero-order valence-electron chi connectivity index (χ0n) is 20.0. The Kier molecular flexibility index (Phi) is 6.02. The van der Waals surface area contributed by atoms with Gasteiger partial charge in [0, 0.05) is 39.9 Å². The number of anilines is 1. The van der Waals surface area contributed by atoms with E-state index in [0.29, 0.717) is 16.9 Å². The first-order valence-electron chi connectivity index (χ1n) is 11.4. The maximum absolute atomic E-state index is 13.5. The van der Waals surface area contributed by atoms with Gasteiger partial charge in [0.1, 0.15) is 11.3 Å². The highest BCUT2D eigenvalue weighted by Crippen LogP contribution is 2.41. The molecule has 0 radical (unpaired) electrons. The zero-order chi connectivity index (χ0) is 25.4. The summed E-state index contributed by atoms with van der Waals surface area (Å²) in [4.78, 5) is 12.6. The Balaban J connectivity index is 1.56. The van der Waals surface area contributed by atoms with E-state index in [1.54, 1.807) is 20.3 Å². The van der Waals surface area contributed by atoms with Crippen LogP contribution in [0, 0.1) is 18.6 Å². The van der Waals surface area contributed by atoms with Gasteiger partial charge >= 0.3 is 0 Å². The van der Waals surface area contributed by atoms with Crippen molar-refractivity contribution in [2.75, 3.05) is 12.4 Å². The van der Waals surface area contributed by atoms with Crippen LogP contribution in [0.1, 0.15) is 18.1 Å². The molecule has 0 aliphatic heterocycles. The van der Waals surface area contributed by atoms with E-state index in [2.05, 4.69) is 35.6 Å².